The molecule has 0 aromatic carbocycles. The molecule has 0 N–H and O–H groups in total. The lowest BCUT2D eigenvalue weighted by atomic mass is 9.63. The number of fused-ring (bicyclic) bond motifs is 1. The summed E-state index contributed by atoms with van der Waals surface area (Å²) >= 11 is 0. The second kappa shape index (κ2) is 1.82. The van der Waals surface area contributed by atoms with E-state index in [-0.39, 0.29) is 0 Å². The molecule has 0 aromatic heterocycles. The smallest absolute Gasteiger partial charge is 0.00269 e. The van der Waals surface area contributed by atoms with Gasteiger partial charge in [-0.2, -0.15) is 0 Å². The molecule has 4 rings (SSSR count). The molecule has 3 saturated carbocycles. The molecule has 0 atom stereocenters. The fourth-order valence-electron chi connectivity index (χ4n) is 3.04. The quantitative estimate of drug-likeness (QED) is 0.506. The van der Waals surface area contributed by atoms with E-state index in [4.69, 9.17) is 0 Å². The van der Waals surface area contributed by atoms with E-state index < -0.39 is 0 Å². The van der Waals surface area contributed by atoms with E-state index in [9.17, 15) is 0 Å². The third kappa shape index (κ3) is 0.492. The highest BCUT2D eigenvalue weighted by atomic mass is 14.6. The van der Waals surface area contributed by atoms with Crippen LogP contribution < -0.4 is 0 Å². The third-order valence-electron chi connectivity index (χ3n) is 3.65. The monoisotopic (exact) mass is 156 g/mol. The summed E-state index contributed by atoms with van der Waals surface area (Å²) in [6.45, 7) is 8.23. The van der Waals surface area contributed by atoms with Crippen LogP contribution in [0.25, 0.3) is 0 Å². The Morgan fingerprint density at radius 3 is 1.67 bits per heavy atom. The molecule has 3 fully saturated rings. The van der Waals surface area contributed by atoms with Crippen molar-refractivity contribution in [3.63, 3.8) is 0 Å². The van der Waals surface area contributed by atoms with Crippen LogP contribution in [0, 0.1) is 23.7 Å². The Morgan fingerprint density at radius 1 is 0.833 bits per heavy atom. The highest BCUT2D eigenvalue weighted by Crippen LogP contribution is 2.64. The second-order valence-corrected chi connectivity index (χ2v) is 4.03. The summed E-state index contributed by atoms with van der Waals surface area (Å²) in [7, 11) is 0. The van der Waals surface area contributed by atoms with E-state index >= 15 is 0 Å². The van der Waals surface area contributed by atoms with Crippen LogP contribution >= 0.6 is 0 Å². The van der Waals surface area contributed by atoms with E-state index in [0.717, 1.165) is 11.8 Å². The van der Waals surface area contributed by atoms with E-state index in [1.54, 1.807) is 0 Å². The summed E-state index contributed by atoms with van der Waals surface area (Å²) in [5, 5.41) is 0. The zero-order chi connectivity index (χ0) is 8.29. The summed E-state index contributed by atoms with van der Waals surface area (Å²) in [6.07, 6.45) is 8.98. The van der Waals surface area contributed by atoms with Gasteiger partial charge in [0.1, 0.15) is 0 Å². The predicted molar refractivity (Wildman–Crippen MR) is 50.5 cm³/mol. The average Bonchev–Trinajstić information content (AvgIpc) is 2.39. The van der Waals surface area contributed by atoms with Crippen LogP contribution in [0.3, 0.4) is 0 Å². The molecule has 0 unspecified atom stereocenters. The van der Waals surface area contributed by atoms with E-state index in [1.807, 2.05) is 0 Å². The normalized spacial score (nSPS) is 47.7. The first kappa shape index (κ1) is 6.47. The molecule has 0 aromatic rings. The van der Waals surface area contributed by atoms with Crippen LogP contribution in [0.15, 0.2) is 48.6 Å². The topological polar surface area (TPSA) is 0 Å². The van der Waals surface area contributed by atoms with Gasteiger partial charge in [0.25, 0.3) is 0 Å². The number of rotatable bonds is 0. The second-order valence-electron chi connectivity index (χ2n) is 4.03. The van der Waals surface area contributed by atoms with Crippen LogP contribution in [0.1, 0.15) is 0 Å². The lowest BCUT2D eigenvalue weighted by Crippen LogP contribution is -2.36. The van der Waals surface area contributed by atoms with Gasteiger partial charge >= 0.3 is 0 Å². The number of hydrogen-bond donors (Lipinski definition) is 0. The minimum Gasteiger partial charge on any atom is -0.0952 e. The van der Waals surface area contributed by atoms with Crippen molar-refractivity contribution in [2.75, 3.05) is 0 Å². The molecule has 4 bridgehead atoms. The summed E-state index contributed by atoms with van der Waals surface area (Å²) in [6, 6.07) is 0. The number of hydrogen-bond acceptors (Lipinski definition) is 0. The first-order valence-corrected chi connectivity index (χ1v) is 4.53. The molecular weight excluding hydrogens is 144 g/mol. The van der Waals surface area contributed by atoms with Gasteiger partial charge in [0.2, 0.25) is 0 Å². The Hall–Kier alpha value is -1.04. The minimum atomic E-state index is 0.692. The first-order chi connectivity index (χ1) is 5.80. The maximum atomic E-state index is 4.11. The predicted octanol–water partition coefficient (Wildman–Crippen LogP) is 2.72. The highest BCUT2D eigenvalue weighted by Gasteiger charge is 2.57. The van der Waals surface area contributed by atoms with Crippen LogP contribution in [0.4, 0.5) is 0 Å². The molecule has 0 nitrogen and oxygen atoms in total. The molecule has 0 heteroatoms. The van der Waals surface area contributed by atoms with E-state index in [1.165, 1.54) is 11.1 Å². The average molecular weight is 156 g/mol. The Kier molecular flexibility index (Phi) is 0.982. The molecule has 12 heavy (non-hydrogen) atoms. The van der Waals surface area contributed by atoms with Gasteiger partial charge in [-0.05, 0) is 34.8 Å². The van der Waals surface area contributed by atoms with E-state index in [2.05, 4.69) is 37.5 Å². The van der Waals surface area contributed by atoms with Crippen molar-refractivity contribution >= 4 is 0 Å². The Balaban J connectivity index is 2.14. The molecule has 0 heterocycles. The van der Waals surface area contributed by atoms with Gasteiger partial charge in [-0.3, -0.25) is 0 Å². The summed E-state index contributed by atoms with van der Waals surface area (Å²) < 4.78 is 0. The van der Waals surface area contributed by atoms with Gasteiger partial charge in [-0.1, -0.05) is 37.5 Å². The van der Waals surface area contributed by atoms with E-state index in [0.29, 0.717) is 11.8 Å². The van der Waals surface area contributed by atoms with Crippen molar-refractivity contribution in [3.8, 4) is 0 Å². The lowest BCUT2D eigenvalue weighted by molar-refractivity contribution is 0.161. The molecule has 0 amide bonds. The maximum Gasteiger partial charge on any atom is -0.00269 e. The fourth-order valence-corrected chi connectivity index (χ4v) is 3.04. The van der Waals surface area contributed by atoms with Crippen LogP contribution in [0.5, 0.6) is 0 Å². The lowest BCUT2D eigenvalue weighted by Gasteiger charge is -2.40. The maximum absolute atomic E-state index is 4.11. The first-order valence-electron chi connectivity index (χ1n) is 4.53. The van der Waals surface area contributed by atoms with Crippen molar-refractivity contribution in [2.45, 2.75) is 0 Å². The Bertz CT molecular complexity index is 288. The zero-order valence-corrected chi connectivity index (χ0v) is 7.03. The standard InChI is InChI=1S/C12H12/c1-7-8(2)12-9-5-3-4-6-10(12)11(7)9/h3-6,9-12H,1-2H2. The van der Waals surface area contributed by atoms with Crippen molar-refractivity contribution in [2.24, 2.45) is 23.7 Å². The van der Waals surface area contributed by atoms with Gasteiger partial charge in [0, 0.05) is 0 Å². The van der Waals surface area contributed by atoms with Gasteiger partial charge in [-0.15, -0.1) is 0 Å². The summed E-state index contributed by atoms with van der Waals surface area (Å²) in [5.41, 5.74) is 2.62. The van der Waals surface area contributed by atoms with Crippen LogP contribution in [0.2, 0.25) is 0 Å². The van der Waals surface area contributed by atoms with Crippen LogP contribution in [-0.4, -0.2) is 0 Å². The largest absolute Gasteiger partial charge is 0.0952 e. The number of allylic oxidation sites excluding steroid dienone is 6. The summed E-state index contributed by atoms with van der Waals surface area (Å²) in [4.78, 5) is 0. The minimum absolute atomic E-state index is 0.692. The van der Waals surface area contributed by atoms with Crippen molar-refractivity contribution in [1.29, 1.82) is 0 Å². The van der Waals surface area contributed by atoms with Crippen LogP contribution in [-0.2, 0) is 0 Å². The van der Waals surface area contributed by atoms with Crippen molar-refractivity contribution in [3.05, 3.63) is 48.6 Å². The Morgan fingerprint density at radius 2 is 1.25 bits per heavy atom. The van der Waals surface area contributed by atoms with Crippen molar-refractivity contribution in [1.82, 2.24) is 0 Å². The summed E-state index contributed by atoms with van der Waals surface area (Å²) in [5.74, 6) is 2.84. The van der Waals surface area contributed by atoms with Gasteiger partial charge in [0.05, 0.1) is 0 Å². The molecule has 0 saturated heterocycles. The molecule has 0 radical (unpaired) electrons. The SMILES string of the molecule is C=C1C(=C)C2C3C=CC=CC2C13. The highest BCUT2D eigenvalue weighted by molar-refractivity contribution is 5.50. The molecule has 0 spiro atoms. The molecule has 60 valence electrons. The van der Waals surface area contributed by atoms with Crippen molar-refractivity contribution < 1.29 is 0 Å². The van der Waals surface area contributed by atoms with Gasteiger partial charge in [0.15, 0.2) is 0 Å². The molecule has 4 aliphatic rings. The molecule has 0 aliphatic heterocycles. The molecular formula is C12H12. The molecule has 4 aliphatic carbocycles. The third-order valence-corrected chi connectivity index (χ3v) is 3.65. The van der Waals surface area contributed by atoms with Gasteiger partial charge < -0.3 is 0 Å². The fraction of sp³-hybridized carbons (Fsp3) is 0.333. The van der Waals surface area contributed by atoms with Gasteiger partial charge in [-0.25, -0.2) is 0 Å². The zero-order valence-electron chi connectivity index (χ0n) is 7.03. The Labute approximate surface area is 73.0 Å².